The fourth-order valence-corrected chi connectivity index (χ4v) is 2.18. The lowest BCUT2D eigenvalue weighted by Gasteiger charge is -2.06. The predicted molar refractivity (Wildman–Crippen MR) is 92.5 cm³/mol. The van der Waals surface area contributed by atoms with Gasteiger partial charge in [-0.05, 0) is 40.2 Å². The Hall–Kier alpha value is -2.61. The molecular formula is C16H16BrN3O4. The van der Waals surface area contributed by atoms with E-state index in [1.165, 1.54) is 14.2 Å². The van der Waals surface area contributed by atoms with Crippen molar-refractivity contribution in [3.05, 3.63) is 52.1 Å². The minimum atomic E-state index is -0.248. The summed E-state index contributed by atoms with van der Waals surface area (Å²) in [7, 11) is 3.03. The molecule has 1 aromatic heterocycles. The van der Waals surface area contributed by atoms with Gasteiger partial charge in [0.05, 0.1) is 18.7 Å². The Labute approximate surface area is 147 Å². The highest BCUT2D eigenvalue weighted by Crippen LogP contribution is 2.21. The minimum Gasteiger partial charge on any atom is -0.497 e. The number of carbonyl (C=O) groups excluding carboxylic acids is 1. The fraction of sp³-hybridized carbons (Fsp3) is 0.188. The Morgan fingerprint density at radius 1 is 1.25 bits per heavy atom. The van der Waals surface area contributed by atoms with Crippen LogP contribution in [0.2, 0.25) is 0 Å². The summed E-state index contributed by atoms with van der Waals surface area (Å²) in [4.78, 5) is 21.2. The van der Waals surface area contributed by atoms with Crippen LogP contribution in [0.25, 0.3) is 0 Å². The van der Waals surface area contributed by atoms with Crippen LogP contribution in [0.15, 0.2) is 46.0 Å². The molecule has 0 fully saturated rings. The average molecular weight is 394 g/mol. The molecule has 2 rings (SSSR count). The standard InChI is InChI=1S/C16H16BrN3O4/c1-22-11-5-3-4-10(8-11)14(21)9-24-20-15(18)13-7-6-12(17)16(19-13)23-2/h3-8H,9H2,1-2H3,(H2,18,20). The number of ether oxygens (including phenoxy) is 2. The predicted octanol–water partition coefficient (Wildman–Crippen LogP) is 2.38. The van der Waals surface area contributed by atoms with Crippen molar-refractivity contribution in [1.82, 2.24) is 4.98 Å². The molecule has 0 aliphatic carbocycles. The average Bonchev–Trinajstić information content (AvgIpc) is 2.61. The molecule has 0 aliphatic rings. The number of nitrogens with zero attached hydrogens (tertiary/aromatic N) is 2. The van der Waals surface area contributed by atoms with Gasteiger partial charge in [-0.2, -0.15) is 0 Å². The summed E-state index contributed by atoms with van der Waals surface area (Å²) in [5.41, 5.74) is 6.64. The number of oxime groups is 1. The Morgan fingerprint density at radius 3 is 2.75 bits per heavy atom. The van der Waals surface area contributed by atoms with Crippen LogP contribution in [0, 0.1) is 0 Å². The lowest BCUT2D eigenvalue weighted by atomic mass is 10.1. The maximum absolute atomic E-state index is 12.0. The molecule has 24 heavy (non-hydrogen) atoms. The molecule has 0 aliphatic heterocycles. The zero-order chi connectivity index (χ0) is 17.5. The van der Waals surface area contributed by atoms with Crippen LogP contribution in [0.1, 0.15) is 16.1 Å². The number of rotatable bonds is 7. The molecule has 2 N–H and O–H groups in total. The summed E-state index contributed by atoms with van der Waals surface area (Å²) >= 11 is 3.29. The summed E-state index contributed by atoms with van der Waals surface area (Å²) in [5.74, 6) is 0.763. The van der Waals surface area contributed by atoms with Crippen molar-refractivity contribution in [2.45, 2.75) is 0 Å². The molecule has 1 heterocycles. The maximum atomic E-state index is 12.0. The van der Waals surface area contributed by atoms with Crippen LogP contribution < -0.4 is 15.2 Å². The smallest absolute Gasteiger partial charge is 0.228 e. The Kier molecular flexibility index (Phi) is 6.14. The van der Waals surface area contributed by atoms with E-state index < -0.39 is 0 Å². The highest BCUT2D eigenvalue weighted by atomic mass is 79.9. The molecule has 0 saturated heterocycles. The van der Waals surface area contributed by atoms with Gasteiger partial charge in [0.25, 0.3) is 0 Å². The van der Waals surface area contributed by atoms with E-state index in [0.29, 0.717) is 27.4 Å². The van der Waals surface area contributed by atoms with Gasteiger partial charge in [-0.1, -0.05) is 17.3 Å². The van der Waals surface area contributed by atoms with E-state index >= 15 is 0 Å². The molecule has 126 valence electrons. The number of aromatic nitrogens is 1. The van der Waals surface area contributed by atoms with Gasteiger partial charge in [0, 0.05) is 5.56 Å². The number of hydrogen-bond acceptors (Lipinski definition) is 6. The molecule has 2 aromatic rings. The Balaban J connectivity index is 2.01. The Bertz CT molecular complexity index is 765. The van der Waals surface area contributed by atoms with Gasteiger partial charge in [-0.15, -0.1) is 0 Å². The maximum Gasteiger partial charge on any atom is 0.228 e. The van der Waals surface area contributed by atoms with Crippen LogP contribution >= 0.6 is 15.9 Å². The van der Waals surface area contributed by atoms with Crippen molar-refractivity contribution in [3.8, 4) is 11.6 Å². The topological polar surface area (TPSA) is 96.0 Å². The number of hydrogen-bond donors (Lipinski definition) is 1. The summed E-state index contributed by atoms with van der Waals surface area (Å²) in [6.07, 6.45) is 0. The van der Waals surface area contributed by atoms with Crippen LogP contribution in [0.4, 0.5) is 0 Å². The largest absolute Gasteiger partial charge is 0.497 e. The van der Waals surface area contributed by atoms with Crippen molar-refractivity contribution in [1.29, 1.82) is 0 Å². The van der Waals surface area contributed by atoms with Gasteiger partial charge in [0.2, 0.25) is 11.7 Å². The monoisotopic (exact) mass is 393 g/mol. The molecule has 0 unspecified atom stereocenters. The van der Waals surface area contributed by atoms with Gasteiger partial charge < -0.3 is 20.0 Å². The van der Waals surface area contributed by atoms with Crippen LogP contribution in [-0.4, -0.2) is 37.4 Å². The number of benzene rings is 1. The second-order valence-corrected chi connectivity index (χ2v) is 5.45. The molecule has 7 nitrogen and oxygen atoms in total. The van der Waals surface area contributed by atoms with Gasteiger partial charge in [0.15, 0.2) is 12.4 Å². The highest BCUT2D eigenvalue weighted by Gasteiger charge is 2.09. The van der Waals surface area contributed by atoms with E-state index in [4.69, 9.17) is 20.0 Å². The third-order valence-electron chi connectivity index (χ3n) is 3.02. The zero-order valence-electron chi connectivity index (χ0n) is 13.2. The van der Waals surface area contributed by atoms with Crippen LogP contribution in [0.3, 0.4) is 0 Å². The molecule has 0 amide bonds. The number of pyridine rings is 1. The van der Waals surface area contributed by atoms with Crippen molar-refractivity contribution < 1.29 is 19.1 Å². The third kappa shape index (κ3) is 4.45. The van der Waals surface area contributed by atoms with E-state index in [-0.39, 0.29) is 18.2 Å². The first-order valence-corrected chi connectivity index (χ1v) is 7.68. The van der Waals surface area contributed by atoms with Crippen LogP contribution in [0.5, 0.6) is 11.6 Å². The molecule has 0 bridgehead atoms. The first kappa shape index (κ1) is 17.7. The van der Waals surface area contributed by atoms with E-state index in [1.54, 1.807) is 36.4 Å². The van der Waals surface area contributed by atoms with Gasteiger partial charge >= 0.3 is 0 Å². The van der Waals surface area contributed by atoms with Crippen molar-refractivity contribution in [3.63, 3.8) is 0 Å². The molecule has 0 saturated carbocycles. The number of amidine groups is 1. The zero-order valence-corrected chi connectivity index (χ0v) is 14.7. The van der Waals surface area contributed by atoms with E-state index in [0.717, 1.165) is 0 Å². The molecule has 0 spiro atoms. The molecule has 8 heteroatoms. The summed E-state index contributed by atoms with van der Waals surface area (Å²) in [6, 6.07) is 10.1. The number of Topliss-reactive ketones (excluding diaryl/α,β-unsaturated/α-hetero) is 1. The van der Waals surface area contributed by atoms with Crippen molar-refractivity contribution >= 4 is 27.5 Å². The minimum absolute atomic E-state index is 0.0410. The second-order valence-electron chi connectivity index (χ2n) is 4.59. The molecule has 0 atom stereocenters. The number of methoxy groups -OCH3 is 2. The van der Waals surface area contributed by atoms with E-state index in [2.05, 4.69) is 26.1 Å². The number of ketones is 1. The van der Waals surface area contributed by atoms with Gasteiger partial charge in [0.1, 0.15) is 11.4 Å². The summed E-state index contributed by atoms with van der Waals surface area (Å²) < 4.78 is 10.8. The first-order valence-electron chi connectivity index (χ1n) is 6.88. The SMILES string of the molecule is COc1cccc(C(=O)CO/N=C(\N)c2ccc(Br)c(OC)n2)c1. The molecular weight excluding hydrogens is 378 g/mol. The first-order chi connectivity index (χ1) is 11.5. The highest BCUT2D eigenvalue weighted by molar-refractivity contribution is 9.10. The summed E-state index contributed by atoms with van der Waals surface area (Å²) in [5, 5.41) is 3.72. The number of nitrogens with two attached hydrogens (primary N) is 1. The Morgan fingerprint density at radius 2 is 2.04 bits per heavy atom. The van der Waals surface area contributed by atoms with Crippen molar-refractivity contribution in [2.75, 3.05) is 20.8 Å². The molecule has 0 radical (unpaired) electrons. The number of carbonyl (C=O) groups is 1. The van der Waals surface area contributed by atoms with Gasteiger partial charge in [-0.25, -0.2) is 4.98 Å². The third-order valence-corrected chi connectivity index (χ3v) is 3.62. The molecule has 1 aromatic carbocycles. The second kappa shape index (κ2) is 8.30. The fourth-order valence-electron chi connectivity index (χ4n) is 1.80. The lowest BCUT2D eigenvalue weighted by molar-refractivity contribution is 0.0775. The van der Waals surface area contributed by atoms with Crippen molar-refractivity contribution in [2.24, 2.45) is 10.9 Å². The van der Waals surface area contributed by atoms with Gasteiger partial charge in [-0.3, -0.25) is 4.79 Å². The normalized spacial score (nSPS) is 11.0. The quantitative estimate of drug-likeness (QED) is 0.335. The van der Waals surface area contributed by atoms with E-state index in [9.17, 15) is 4.79 Å². The number of halogens is 1. The van der Waals surface area contributed by atoms with Crippen LogP contribution in [-0.2, 0) is 4.84 Å². The summed E-state index contributed by atoms with van der Waals surface area (Å²) in [6.45, 7) is -0.248. The lowest BCUT2D eigenvalue weighted by Crippen LogP contribution is -2.17. The van der Waals surface area contributed by atoms with E-state index in [1.807, 2.05) is 0 Å².